The zero-order chi connectivity index (χ0) is 10.1. The molecule has 0 aliphatic heterocycles. The molecule has 2 atom stereocenters. The molecule has 0 spiro atoms. The van der Waals surface area contributed by atoms with E-state index >= 15 is 0 Å². The topological polar surface area (TPSA) is 26.0 Å². The molecule has 1 fully saturated rings. The van der Waals surface area contributed by atoms with E-state index in [9.17, 15) is 4.39 Å². The quantitative estimate of drug-likeness (QED) is 0.729. The van der Waals surface area contributed by atoms with Crippen molar-refractivity contribution >= 4 is 0 Å². The van der Waals surface area contributed by atoms with Gasteiger partial charge in [-0.15, -0.1) is 0 Å². The van der Waals surface area contributed by atoms with Crippen LogP contribution >= 0.6 is 0 Å². The summed E-state index contributed by atoms with van der Waals surface area (Å²) >= 11 is 0. The van der Waals surface area contributed by atoms with Crippen molar-refractivity contribution in [2.75, 3.05) is 0 Å². The van der Waals surface area contributed by atoms with Crippen LogP contribution in [0.15, 0.2) is 18.2 Å². The van der Waals surface area contributed by atoms with E-state index in [1.54, 1.807) is 6.07 Å². The molecule has 1 nitrogen and oxygen atoms in total. The van der Waals surface area contributed by atoms with Crippen molar-refractivity contribution in [2.45, 2.75) is 38.1 Å². The largest absolute Gasteiger partial charge is 0.327 e. The predicted molar refractivity (Wildman–Crippen MR) is 55.7 cm³/mol. The maximum atomic E-state index is 13.3. The van der Waals surface area contributed by atoms with Crippen LogP contribution in [0.4, 0.5) is 4.39 Å². The second-order valence-electron chi connectivity index (χ2n) is 4.16. The lowest BCUT2D eigenvalue weighted by atomic mass is 9.91. The first-order valence-electron chi connectivity index (χ1n) is 5.20. The number of rotatable bonds is 1. The molecule has 2 rings (SSSR count). The Morgan fingerprint density at radius 3 is 2.79 bits per heavy atom. The van der Waals surface area contributed by atoms with Gasteiger partial charge in [0.1, 0.15) is 5.82 Å². The smallest absolute Gasteiger partial charge is 0.126 e. The van der Waals surface area contributed by atoms with Crippen molar-refractivity contribution in [3.8, 4) is 0 Å². The van der Waals surface area contributed by atoms with Crippen LogP contribution in [-0.2, 0) is 0 Å². The van der Waals surface area contributed by atoms with Gasteiger partial charge >= 0.3 is 0 Å². The van der Waals surface area contributed by atoms with Gasteiger partial charge in [0.15, 0.2) is 0 Å². The summed E-state index contributed by atoms with van der Waals surface area (Å²) in [6.45, 7) is 1.84. The van der Waals surface area contributed by atoms with Crippen molar-refractivity contribution < 1.29 is 4.39 Å². The first-order chi connectivity index (χ1) is 6.70. The molecule has 1 saturated carbocycles. The molecular formula is C12H16FN. The second kappa shape index (κ2) is 3.70. The third kappa shape index (κ3) is 1.55. The standard InChI is InChI=1S/C12H16FN/c1-8-9(4-2-6-11(8)13)10-5-3-7-12(10)14/h2,4,6,10,12H,3,5,7,14H2,1H3. The van der Waals surface area contributed by atoms with E-state index in [1.807, 2.05) is 13.0 Å². The highest BCUT2D eigenvalue weighted by molar-refractivity contribution is 5.32. The highest BCUT2D eigenvalue weighted by atomic mass is 19.1. The van der Waals surface area contributed by atoms with Gasteiger partial charge in [-0.05, 0) is 42.9 Å². The summed E-state index contributed by atoms with van der Waals surface area (Å²) in [5.41, 5.74) is 7.89. The Bertz CT molecular complexity index is 335. The number of hydrogen-bond acceptors (Lipinski definition) is 1. The fourth-order valence-electron chi connectivity index (χ4n) is 2.40. The van der Waals surface area contributed by atoms with Crippen LogP contribution in [0.25, 0.3) is 0 Å². The molecule has 0 heterocycles. The van der Waals surface area contributed by atoms with Crippen molar-refractivity contribution in [1.82, 2.24) is 0 Å². The van der Waals surface area contributed by atoms with E-state index in [2.05, 4.69) is 0 Å². The maximum Gasteiger partial charge on any atom is 0.126 e. The lowest BCUT2D eigenvalue weighted by Crippen LogP contribution is -2.23. The summed E-state index contributed by atoms with van der Waals surface area (Å²) in [4.78, 5) is 0. The number of benzene rings is 1. The number of nitrogens with two attached hydrogens (primary N) is 1. The minimum atomic E-state index is -0.110. The van der Waals surface area contributed by atoms with E-state index in [1.165, 1.54) is 12.5 Å². The zero-order valence-corrected chi connectivity index (χ0v) is 8.46. The van der Waals surface area contributed by atoms with Crippen molar-refractivity contribution in [3.05, 3.63) is 35.1 Å². The minimum absolute atomic E-state index is 0.110. The molecule has 0 saturated heterocycles. The molecule has 2 N–H and O–H groups in total. The average Bonchev–Trinajstić information content (AvgIpc) is 2.57. The van der Waals surface area contributed by atoms with Crippen LogP contribution < -0.4 is 5.73 Å². The molecule has 14 heavy (non-hydrogen) atoms. The Kier molecular flexibility index (Phi) is 2.55. The van der Waals surface area contributed by atoms with Crippen LogP contribution in [0.1, 0.15) is 36.3 Å². The van der Waals surface area contributed by atoms with Gasteiger partial charge in [-0.1, -0.05) is 18.6 Å². The molecule has 2 unspecified atom stereocenters. The molecule has 1 aromatic rings. The molecule has 0 bridgehead atoms. The Hall–Kier alpha value is -0.890. The molecule has 0 aromatic heterocycles. The highest BCUT2D eigenvalue weighted by Gasteiger charge is 2.26. The van der Waals surface area contributed by atoms with Gasteiger partial charge in [0.25, 0.3) is 0 Å². The molecule has 2 heteroatoms. The first kappa shape index (κ1) is 9.66. The first-order valence-corrected chi connectivity index (χ1v) is 5.20. The number of halogens is 1. The second-order valence-corrected chi connectivity index (χ2v) is 4.16. The maximum absolute atomic E-state index is 13.3. The average molecular weight is 193 g/mol. The monoisotopic (exact) mass is 193 g/mol. The van der Waals surface area contributed by atoms with E-state index in [4.69, 9.17) is 5.73 Å². The third-order valence-electron chi connectivity index (χ3n) is 3.28. The molecule has 0 amide bonds. The van der Waals surface area contributed by atoms with Gasteiger partial charge in [0.05, 0.1) is 0 Å². The van der Waals surface area contributed by atoms with Crippen LogP contribution in [0, 0.1) is 12.7 Å². The fraction of sp³-hybridized carbons (Fsp3) is 0.500. The van der Waals surface area contributed by atoms with Gasteiger partial charge < -0.3 is 5.73 Å². The summed E-state index contributed by atoms with van der Waals surface area (Å²) in [5, 5.41) is 0. The summed E-state index contributed by atoms with van der Waals surface area (Å²) < 4.78 is 13.3. The van der Waals surface area contributed by atoms with Crippen molar-refractivity contribution in [3.63, 3.8) is 0 Å². The van der Waals surface area contributed by atoms with E-state index in [0.717, 1.165) is 24.0 Å². The molecule has 76 valence electrons. The Morgan fingerprint density at radius 2 is 2.14 bits per heavy atom. The molecule has 1 aromatic carbocycles. The Morgan fingerprint density at radius 1 is 1.36 bits per heavy atom. The van der Waals surface area contributed by atoms with Crippen LogP contribution in [0.2, 0.25) is 0 Å². The van der Waals surface area contributed by atoms with Crippen LogP contribution in [0.5, 0.6) is 0 Å². The SMILES string of the molecule is Cc1c(F)cccc1C1CCCC1N. The summed E-state index contributed by atoms with van der Waals surface area (Å²) in [7, 11) is 0. The molecule has 1 aliphatic rings. The van der Waals surface area contributed by atoms with Gasteiger partial charge in [-0.3, -0.25) is 0 Å². The number of hydrogen-bond donors (Lipinski definition) is 1. The Balaban J connectivity index is 2.36. The summed E-state index contributed by atoms with van der Waals surface area (Å²) in [6, 6.07) is 5.52. The lowest BCUT2D eigenvalue weighted by molar-refractivity contribution is 0.584. The molecule has 1 aliphatic carbocycles. The zero-order valence-electron chi connectivity index (χ0n) is 8.46. The molecular weight excluding hydrogens is 177 g/mol. The minimum Gasteiger partial charge on any atom is -0.327 e. The summed E-state index contributed by atoms with van der Waals surface area (Å²) in [5.74, 6) is 0.257. The van der Waals surface area contributed by atoms with Crippen molar-refractivity contribution in [2.24, 2.45) is 5.73 Å². The van der Waals surface area contributed by atoms with E-state index < -0.39 is 0 Å². The van der Waals surface area contributed by atoms with Crippen LogP contribution in [-0.4, -0.2) is 6.04 Å². The van der Waals surface area contributed by atoms with Crippen LogP contribution in [0.3, 0.4) is 0 Å². The van der Waals surface area contributed by atoms with Gasteiger partial charge in [0, 0.05) is 6.04 Å². The van der Waals surface area contributed by atoms with E-state index in [0.29, 0.717) is 5.92 Å². The lowest BCUT2D eigenvalue weighted by Gasteiger charge is -2.18. The predicted octanol–water partition coefficient (Wildman–Crippen LogP) is 2.73. The summed E-state index contributed by atoms with van der Waals surface area (Å²) in [6.07, 6.45) is 3.34. The van der Waals surface area contributed by atoms with Crippen molar-refractivity contribution in [1.29, 1.82) is 0 Å². The van der Waals surface area contributed by atoms with E-state index in [-0.39, 0.29) is 11.9 Å². The highest BCUT2D eigenvalue weighted by Crippen LogP contribution is 2.35. The normalized spacial score (nSPS) is 26.8. The third-order valence-corrected chi connectivity index (χ3v) is 3.28. The van der Waals surface area contributed by atoms with Gasteiger partial charge in [-0.25, -0.2) is 4.39 Å². The van der Waals surface area contributed by atoms with Gasteiger partial charge in [-0.2, -0.15) is 0 Å². The van der Waals surface area contributed by atoms with Gasteiger partial charge in [0.2, 0.25) is 0 Å². The fourth-order valence-corrected chi connectivity index (χ4v) is 2.40. The molecule has 0 radical (unpaired) electrons. The Labute approximate surface area is 84.1 Å².